The number of esters is 1. The molecule has 1 saturated heterocycles. The number of aromatic amines is 1. The van der Waals surface area contributed by atoms with Gasteiger partial charge in [-0.25, -0.2) is 4.79 Å². The molecule has 1 aliphatic heterocycles. The van der Waals surface area contributed by atoms with Crippen molar-refractivity contribution in [3.8, 4) is 17.7 Å². The standard InChI is InChI=1S/C23H25N5O5/c1-13-18(23(30)31-4)14(2)25-19(13)20(29)15(3)27-7-9-28(10-8-27)22-16(12-24)26-21(33-22)17-6-5-11-32-17/h5-6,11,15,25H,7-10H2,1-4H3. The molecule has 0 saturated carbocycles. The minimum absolute atomic E-state index is 0.0864. The molecule has 3 aromatic heterocycles. The van der Waals surface area contributed by atoms with Crippen molar-refractivity contribution >= 4 is 17.6 Å². The molecular formula is C23H25N5O5. The summed E-state index contributed by atoms with van der Waals surface area (Å²) in [6, 6.07) is 5.13. The number of hydrogen-bond donors (Lipinski definition) is 1. The van der Waals surface area contributed by atoms with E-state index in [0.29, 0.717) is 60.3 Å². The lowest BCUT2D eigenvalue weighted by atomic mass is 10.0. The number of aryl methyl sites for hydroxylation is 1. The second-order valence-electron chi connectivity index (χ2n) is 7.94. The van der Waals surface area contributed by atoms with E-state index < -0.39 is 12.0 Å². The third-order valence-corrected chi connectivity index (χ3v) is 6.05. The minimum Gasteiger partial charge on any atom is -0.465 e. The first-order valence-electron chi connectivity index (χ1n) is 10.6. The number of carbonyl (C=O) groups excluding carboxylic acids is 2. The predicted molar refractivity (Wildman–Crippen MR) is 118 cm³/mol. The normalized spacial score (nSPS) is 15.3. The van der Waals surface area contributed by atoms with Gasteiger partial charge in [0, 0.05) is 31.9 Å². The second-order valence-corrected chi connectivity index (χ2v) is 7.94. The highest BCUT2D eigenvalue weighted by Crippen LogP contribution is 2.29. The summed E-state index contributed by atoms with van der Waals surface area (Å²) in [6.07, 6.45) is 1.52. The summed E-state index contributed by atoms with van der Waals surface area (Å²) in [4.78, 5) is 36.6. The topological polar surface area (TPSA) is 129 Å². The van der Waals surface area contributed by atoms with E-state index in [2.05, 4.69) is 20.9 Å². The summed E-state index contributed by atoms with van der Waals surface area (Å²) in [5.41, 5.74) is 2.24. The number of piperazine rings is 1. The fraction of sp³-hybridized carbons (Fsp3) is 0.391. The van der Waals surface area contributed by atoms with Crippen molar-refractivity contribution in [2.75, 3.05) is 38.2 Å². The molecule has 0 radical (unpaired) electrons. The molecule has 0 aliphatic carbocycles. The maximum atomic E-state index is 13.2. The van der Waals surface area contributed by atoms with Crippen molar-refractivity contribution in [1.29, 1.82) is 5.26 Å². The molecule has 0 aromatic carbocycles. The van der Waals surface area contributed by atoms with Crippen LogP contribution in [0, 0.1) is 25.2 Å². The third kappa shape index (κ3) is 4.03. The number of hydrogen-bond acceptors (Lipinski definition) is 9. The van der Waals surface area contributed by atoms with E-state index in [1.807, 2.05) is 11.8 Å². The molecule has 10 nitrogen and oxygen atoms in total. The second kappa shape index (κ2) is 8.96. The Bertz CT molecular complexity index is 1210. The van der Waals surface area contributed by atoms with Crippen molar-refractivity contribution < 1.29 is 23.2 Å². The van der Waals surface area contributed by atoms with Gasteiger partial charge in [-0.05, 0) is 38.5 Å². The van der Waals surface area contributed by atoms with Crippen LogP contribution in [0.1, 0.15) is 44.7 Å². The molecule has 1 atom stereocenters. The molecule has 3 aromatic rings. The van der Waals surface area contributed by atoms with Crippen LogP contribution < -0.4 is 4.90 Å². The fourth-order valence-electron chi connectivity index (χ4n) is 4.20. The Morgan fingerprint density at radius 2 is 2.00 bits per heavy atom. The maximum absolute atomic E-state index is 13.2. The largest absolute Gasteiger partial charge is 0.465 e. The number of Topliss-reactive ketones (excluding diaryl/α,β-unsaturated/α-hetero) is 1. The van der Waals surface area contributed by atoms with Crippen LogP contribution in [0.15, 0.2) is 27.2 Å². The number of ether oxygens (including phenoxy) is 1. The summed E-state index contributed by atoms with van der Waals surface area (Å²) >= 11 is 0. The Hall–Kier alpha value is -3.84. The lowest BCUT2D eigenvalue weighted by Gasteiger charge is -2.37. The average Bonchev–Trinajstić information content (AvgIpc) is 3.56. The average molecular weight is 451 g/mol. The zero-order valence-corrected chi connectivity index (χ0v) is 19.0. The predicted octanol–water partition coefficient (Wildman–Crippen LogP) is 2.93. The van der Waals surface area contributed by atoms with Crippen molar-refractivity contribution in [3.63, 3.8) is 0 Å². The van der Waals surface area contributed by atoms with Crippen LogP contribution in [-0.4, -0.2) is 66.0 Å². The Balaban J connectivity index is 1.46. The van der Waals surface area contributed by atoms with Gasteiger partial charge in [0.2, 0.25) is 11.6 Å². The number of H-pyrrole nitrogens is 1. The van der Waals surface area contributed by atoms with E-state index in [9.17, 15) is 14.9 Å². The molecule has 4 heterocycles. The van der Waals surface area contributed by atoms with Gasteiger partial charge in [0.15, 0.2) is 11.5 Å². The van der Waals surface area contributed by atoms with Crippen LogP contribution in [0.5, 0.6) is 0 Å². The number of rotatable bonds is 6. The van der Waals surface area contributed by atoms with Gasteiger partial charge in [0.1, 0.15) is 6.07 Å². The number of nitriles is 1. The first-order chi connectivity index (χ1) is 15.8. The van der Waals surface area contributed by atoms with Crippen LogP contribution in [0.25, 0.3) is 11.7 Å². The van der Waals surface area contributed by atoms with Gasteiger partial charge in [-0.2, -0.15) is 10.2 Å². The smallest absolute Gasteiger partial charge is 0.339 e. The number of aromatic nitrogens is 2. The quantitative estimate of drug-likeness (QED) is 0.444. The minimum atomic E-state index is -0.462. The van der Waals surface area contributed by atoms with Gasteiger partial charge in [-0.15, -0.1) is 0 Å². The fourth-order valence-corrected chi connectivity index (χ4v) is 4.20. The summed E-state index contributed by atoms with van der Waals surface area (Å²) in [5.74, 6) is 0.573. The summed E-state index contributed by atoms with van der Waals surface area (Å²) in [7, 11) is 1.32. The number of nitrogens with zero attached hydrogens (tertiary/aromatic N) is 4. The van der Waals surface area contributed by atoms with Crippen molar-refractivity contribution in [1.82, 2.24) is 14.9 Å². The van der Waals surface area contributed by atoms with E-state index >= 15 is 0 Å². The molecule has 1 unspecified atom stereocenters. The van der Waals surface area contributed by atoms with E-state index in [1.54, 1.807) is 26.0 Å². The Kier molecular flexibility index (Phi) is 6.07. The number of nitrogens with one attached hydrogen (secondary N) is 1. The Morgan fingerprint density at radius 3 is 2.61 bits per heavy atom. The molecule has 0 bridgehead atoms. The molecule has 172 valence electrons. The van der Waals surface area contributed by atoms with Crippen LogP contribution in [0.2, 0.25) is 0 Å². The Morgan fingerprint density at radius 1 is 1.27 bits per heavy atom. The molecule has 4 rings (SSSR count). The third-order valence-electron chi connectivity index (χ3n) is 6.05. The summed E-state index contributed by atoms with van der Waals surface area (Å²) < 4.78 is 16.0. The van der Waals surface area contributed by atoms with Gasteiger partial charge < -0.3 is 23.5 Å². The van der Waals surface area contributed by atoms with Crippen molar-refractivity contribution in [2.45, 2.75) is 26.8 Å². The van der Waals surface area contributed by atoms with Gasteiger partial charge in [-0.3, -0.25) is 9.69 Å². The zero-order valence-electron chi connectivity index (χ0n) is 19.0. The van der Waals surface area contributed by atoms with E-state index in [1.165, 1.54) is 13.4 Å². The molecule has 0 amide bonds. The molecule has 0 spiro atoms. The zero-order chi connectivity index (χ0) is 23.7. The molecule has 33 heavy (non-hydrogen) atoms. The van der Waals surface area contributed by atoms with Gasteiger partial charge >= 0.3 is 5.97 Å². The van der Waals surface area contributed by atoms with Crippen LogP contribution in [0.3, 0.4) is 0 Å². The van der Waals surface area contributed by atoms with Gasteiger partial charge in [-0.1, -0.05) is 0 Å². The number of furan rings is 1. The monoisotopic (exact) mass is 451 g/mol. The highest BCUT2D eigenvalue weighted by Gasteiger charge is 2.32. The number of oxazole rings is 1. The number of methoxy groups -OCH3 is 1. The van der Waals surface area contributed by atoms with Crippen LogP contribution >= 0.6 is 0 Å². The highest BCUT2D eigenvalue weighted by atomic mass is 16.5. The lowest BCUT2D eigenvalue weighted by Crippen LogP contribution is -2.52. The molecule has 1 aliphatic rings. The Labute approximate surface area is 190 Å². The van der Waals surface area contributed by atoms with Gasteiger partial charge in [0.05, 0.1) is 30.7 Å². The number of ketones is 1. The van der Waals surface area contributed by atoms with E-state index in [-0.39, 0.29) is 17.4 Å². The van der Waals surface area contributed by atoms with Gasteiger partial charge in [0.25, 0.3) is 5.89 Å². The van der Waals surface area contributed by atoms with Crippen molar-refractivity contribution in [2.24, 2.45) is 0 Å². The first kappa shape index (κ1) is 22.4. The molecule has 1 N–H and O–H groups in total. The van der Waals surface area contributed by atoms with Crippen LogP contribution in [-0.2, 0) is 4.74 Å². The summed E-state index contributed by atoms with van der Waals surface area (Å²) in [6.45, 7) is 7.67. The SMILES string of the molecule is COC(=O)c1c(C)[nH]c(C(=O)C(C)N2CCN(c3oc(-c4ccco4)nc3C#N)CC2)c1C. The number of anilines is 1. The van der Waals surface area contributed by atoms with Crippen molar-refractivity contribution in [3.05, 3.63) is 46.6 Å². The maximum Gasteiger partial charge on any atom is 0.339 e. The first-order valence-corrected chi connectivity index (χ1v) is 10.6. The lowest BCUT2D eigenvalue weighted by molar-refractivity contribution is 0.0599. The molecule has 1 fully saturated rings. The summed E-state index contributed by atoms with van der Waals surface area (Å²) in [5, 5.41) is 9.48. The number of carbonyl (C=O) groups is 2. The van der Waals surface area contributed by atoms with E-state index in [0.717, 1.165) is 0 Å². The molecular weight excluding hydrogens is 426 g/mol. The van der Waals surface area contributed by atoms with E-state index in [4.69, 9.17) is 13.6 Å². The highest BCUT2D eigenvalue weighted by molar-refractivity contribution is 6.03. The van der Waals surface area contributed by atoms with Crippen LogP contribution in [0.4, 0.5) is 5.88 Å². The molecule has 10 heteroatoms.